The molecule has 1 aromatic heterocycles. The van der Waals surface area contributed by atoms with Gasteiger partial charge >= 0.3 is 5.97 Å². The number of oxime groups is 1. The molecule has 0 amide bonds. The van der Waals surface area contributed by atoms with E-state index in [4.69, 9.17) is 4.84 Å². The molecule has 4 aromatic rings. The van der Waals surface area contributed by atoms with Crippen molar-refractivity contribution in [2.24, 2.45) is 5.16 Å². The molecule has 1 aliphatic heterocycles. The van der Waals surface area contributed by atoms with Gasteiger partial charge in [0.25, 0.3) is 0 Å². The van der Waals surface area contributed by atoms with Crippen LogP contribution in [0, 0.1) is 0 Å². The van der Waals surface area contributed by atoms with Crippen LogP contribution >= 0.6 is 23.5 Å². The molecule has 5 rings (SSSR count). The van der Waals surface area contributed by atoms with Gasteiger partial charge in [-0.2, -0.15) is 0 Å². The van der Waals surface area contributed by atoms with Crippen molar-refractivity contribution in [2.75, 3.05) is 0 Å². The Morgan fingerprint density at radius 3 is 2.28 bits per heavy atom. The normalized spacial score (nSPS) is 13.6. The van der Waals surface area contributed by atoms with E-state index in [0.29, 0.717) is 5.71 Å². The number of hydrogen-bond acceptors (Lipinski definition) is 5. The molecule has 0 fully saturated rings. The molecule has 160 valence electrons. The van der Waals surface area contributed by atoms with E-state index in [2.05, 4.69) is 77.3 Å². The molecule has 3 aromatic carbocycles. The minimum Gasteiger partial charge on any atom is -0.341 e. The van der Waals surface area contributed by atoms with Crippen LogP contribution in [-0.4, -0.2) is 16.2 Å². The number of thioether (sulfide) groups is 2. The van der Waals surface area contributed by atoms with Crippen molar-refractivity contribution in [1.29, 1.82) is 0 Å². The third kappa shape index (κ3) is 3.85. The van der Waals surface area contributed by atoms with E-state index >= 15 is 0 Å². The van der Waals surface area contributed by atoms with E-state index < -0.39 is 5.97 Å². The number of benzene rings is 3. The molecule has 1 aliphatic rings. The van der Waals surface area contributed by atoms with Crippen molar-refractivity contribution >= 4 is 63.1 Å². The molecule has 0 bridgehead atoms. The molecule has 2 heterocycles. The van der Waals surface area contributed by atoms with Crippen molar-refractivity contribution in [3.8, 4) is 0 Å². The van der Waals surface area contributed by atoms with Gasteiger partial charge in [-0.25, -0.2) is 4.79 Å². The predicted molar refractivity (Wildman–Crippen MR) is 135 cm³/mol. The summed E-state index contributed by atoms with van der Waals surface area (Å²) in [4.78, 5) is 18.6. The Morgan fingerprint density at radius 2 is 1.62 bits per heavy atom. The standard InChI is InChI=1S/C26H22N2O2S2/c1-4-28-22-11-9-18(14-26-31-24-7-5-6-8-25(24)32-26)13-20(22)21-15-19(10-12-23(21)28)16(2)27-30-17(3)29/h5-15H,4H2,1-3H3/b27-16+. The summed E-state index contributed by atoms with van der Waals surface area (Å²) in [6.45, 7) is 6.26. The van der Waals surface area contributed by atoms with Crippen LogP contribution in [0.1, 0.15) is 31.9 Å². The molecular weight excluding hydrogens is 436 g/mol. The van der Waals surface area contributed by atoms with Gasteiger partial charge in [0, 0.05) is 45.1 Å². The lowest BCUT2D eigenvalue weighted by molar-refractivity contribution is -0.140. The van der Waals surface area contributed by atoms with Gasteiger partial charge < -0.3 is 9.40 Å². The molecule has 0 saturated carbocycles. The average Bonchev–Trinajstić information content (AvgIpc) is 3.34. The number of fused-ring (bicyclic) bond motifs is 4. The second-order valence-electron chi connectivity index (χ2n) is 7.63. The number of aromatic nitrogens is 1. The number of carbonyl (C=O) groups is 1. The quantitative estimate of drug-likeness (QED) is 0.183. The smallest absolute Gasteiger partial charge is 0.331 e. The lowest BCUT2D eigenvalue weighted by Crippen LogP contribution is -1.99. The fourth-order valence-corrected chi connectivity index (χ4v) is 6.42. The average molecular weight is 459 g/mol. The molecule has 0 saturated heterocycles. The van der Waals surface area contributed by atoms with Gasteiger partial charge in [-0.1, -0.05) is 52.9 Å². The minimum absolute atomic E-state index is 0.421. The summed E-state index contributed by atoms with van der Waals surface area (Å²) in [6.07, 6.45) is 2.27. The van der Waals surface area contributed by atoms with Crippen molar-refractivity contribution in [3.05, 3.63) is 76.0 Å². The Balaban J connectivity index is 1.59. The molecule has 0 spiro atoms. The van der Waals surface area contributed by atoms with E-state index in [1.54, 1.807) is 0 Å². The number of aryl methyl sites for hydroxylation is 1. The van der Waals surface area contributed by atoms with Crippen LogP contribution in [0.3, 0.4) is 0 Å². The van der Waals surface area contributed by atoms with Crippen LogP contribution in [0.5, 0.6) is 0 Å². The van der Waals surface area contributed by atoms with Crippen molar-refractivity contribution in [3.63, 3.8) is 0 Å². The maximum atomic E-state index is 11.1. The molecular formula is C26H22N2O2S2. The van der Waals surface area contributed by atoms with Crippen LogP contribution in [-0.2, 0) is 16.2 Å². The summed E-state index contributed by atoms with van der Waals surface area (Å²) in [6, 6.07) is 21.5. The summed E-state index contributed by atoms with van der Waals surface area (Å²) >= 11 is 3.65. The zero-order chi connectivity index (χ0) is 22.2. The number of rotatable bonds is 4. The maximum absolute atomic E-state index is 11.1. The van der Waals surface area contributed by atoms with E-state index in [0.717, 1.165) is 12.1 Å². The second kappa shape index (κ2) is 8.52. The fraction of sp³-hybridized carbons (Fsp3) is 0.154. The molecule has 0 N–H and O–H groups in total. The van der Waals surface area contributed by atoms with Crippen LogP contribution in [0.15, 0.2) is 79.8 Å². The van der Waals surface area contributed by atoms with Gasteiger partial charge in [0.2, 0.25) is 0 Å². The zero-order valence-corrected chi connectivity index (χ0v) is 19.7. The van der Waals surface area contributed by atoms with Gasteiger partial charge in [0.15, 0.2) is 0 Å². The van der Waals surface area contributed by atoms with Gasteiger partial charge in [0.1, 0.15) is 0 Å². The molecule has 0 unspecified atom stereocenters. The fourth-order valence-electron chi connectivity index (χ4n) is 4.01. The van der Waals surface area contributed by atoms with E-state index in [-0.39, 0.29) is 0 Å². The summed E-state index contributed by atoms with van der Waals surface area (Å²) < 4.78 is 3.62. The van der Waals surface area contributed by atoms with Gasteiger partial charge in [0.05, 0.1) is 9.95 Å². The van der Waals surface area contributed by atoms with Crippen molar-refractivity contribution in [1.82, 2.24) is 4.57 Å². The Labute approximate surface area is 195 Å². The maximum Gasteiger partial charge on any atom is 0.331 e. The largest absolute Gasteiger partial charge is 0.341 e. The number of carbonyl (C=O) groups excluding carboxylic acids is 1. The molecule has 0 atom stereocenters. The number of nitrogens with zero attached hydrogens (tertiary/aromatic N) is 2. The highest BCUT2D eigenvalue weighted by molar-refractivity contribution is 8.24. The molecule has 0 aliphatic carbocycles. The van der Waals surface area contributed by atoms with Gasteiger partial charge in [-0.05, 0) is 67.4 Å². The lowest BCUT2D eigenvalue weighted by atomic mass is 10.1. The first-order valence-electron chi connectivity index (χ1n) is 10.5. The van der Waals surface area contributed by atoms with E-state index in [9.17, 15) is 4.79 Å². The van der Waals surface area contributed by atoms with Crippen LogP contribution in [0.25, 0.3) is 27.9 Å². The van der Waals surface area contributed by atoms with Gasteiger partial charge in [-0.15, -0.1) is 0 Å². The second-order valence-corrected chi connectivity index (χ2v) is 10.1. The van der Waals surface area contributed by atoms with Crippen LogP contribution in [0.4, 0.5) is 0 Å². The summed E-state index contributed by atoms with van der Waals surface area (Å²) in [5, 5.41) is 6.34. The Morgan fingerprint density at radius 1 is 0.969 bits per heavy atom. The Bertz CT molecular complexity index is 1410. The molecule has 0 radical (unpaired) electrons. The topological polar surface area (TPSA) is 43.6 Å². The molecule has 6 heteroatoms. The minimum atomic E-state index is -0.421. The van der Waals surface area contributed by atoms with E-state index in [1.807, 2.05) is 36.5 Å². The van der Waals surface area contributed by atoms with Crippen molar-refractivity contribution < 1.29 is 9.63 Å². The SMILES string of the molecule is CCn1c2ccc(C=C3Sc4ccccc4S3)cc2c2cc(/C(C)=N/OC(C)=O)ccc21. The van der Waals surface area contributed by atoms with Gasteiger partial charge in [-0.3, -0.25) is 0 Å². The predicted octanol–water partition coefficient (Wildman–Crippen LogP) is 7.30. The van der Waals surface area contributed by atoms with E-state index in [1.165, 1.54) is 48.3 Å². The zero-order valence-electron chi connectivity index (χ0n) is 18.1. The summed E-state index contributed by atoms with van der Waals surface area (Å²) in [5.74, 6) is -0.421. The monoisotopic (exact) mass is 458 g/mol. The highest BCUT2D eigenvalue weighted by Crippen LogP contribution is 2.51. The lowest BCUT2D eigenvalue weighted by Gasteiger charge is -2.04. The first-order chi connectivity index (χ1) is 15.5. The van der Waals surface area contributed by atoms with Crippen molar-refractivity contribution in [2.45, 2.75) is 37.1 Å². The first kappa shape index (κ1) is 20.9. The number of hydrogen-bond donors (Lipinski definition) is 0. The third-order valence-electron chi connectivity index (χ3n) is 5.49. The molecule has 32 heavy (non-hydrogen) atoms. The Hall–Kier alpha value is -2.96. The highest BCUT2D eigenvalue weighted by atomic mass is 32.2. The Kier molecular flexibility index (Phi) is 5.57. The molecule has 4 nitrogen and oxygen atoms in total. The summed E-state index contributed by atoms with van der Waals surface area (Å²) in [7, 11) is 0. The van der Waals surface area contributed by atoms with Crippen LogP contribution in [0.2, 0.25) is 0 Å². The first-order valence-corrected chi connectivity index (χ1v) is 12.1. The van der Waals surface area contributed by atoms with Crippen LogP contribution < -0.4 is 0 Å². The third-order valence-corrected chi connectivity index (χ3v) is 7.91. The summed E-state index contributed by atoms with van der Waals surface area (Å²) in [5.41, 5.74) is 5.20. The highest BCUT2D eigenvalue weighted by Gasteiger charge is 2.17.